The van der Waals surface area contributed by atoms with Crippen LogP contribution >= 0.6 is 0 Å². The van der Waals surface area contributed by atoms with Gasteiger partial charge >= 0.3 is 0 Å². The number of hydrogen-bond acceptors (Lipinski definition) is 2. The van der Waals surface area contributed by atoms with Crippen LogP contribution in [0.2, 0.25) is 0 Å². The number of rotatable bonds is 2. The largest absolute Gasteiger partial charge is 0.351 e. The summed E-state index contributed by atoms with van der Waals surface area (Å²) >= 11 is 0. The molecule has 0 aliphatic carbocycles. The summed E-state index contributed by atoms with van der Waals surface area (Å²) in [4.78, 5) is 13.9. The summed E-state index contributed by atoms with van der Waals surface area (Å²) in [5.41, 5.74) is 1.51. The SMILES string of the molecule is O=C1CCC2(CCN(Cc3ccccc3)CC2)N1. The lowest BCUT2D eigenvalue weighted by atomic mass is 9.86. The summed E-state index contributed by atoms with van der Waals surface area (Å²) in [5.74, 6) is 0.242. The molecular formula is C15H20N2O. The highest BCUT2D eigenvalue weighted by Gasteiger charge is 2.39. The molecule has 2 heterocycles. The normalized spacial score (nSPS) is 23.2. The van der Waals surface area contributed by atoms with Gasteiger partial charge in [0.2, 0.25) is 5.91 Å². The maximum atomic E-state index is 11.4. The predicted octanol–water partition coefficient (Wildman–Crippen LogP) is 1.93. The second kappa shape index (κ2) is 4.73. The number of benzene rings is 1. The second-order valence-corrected chi connectivity index (χ2v) is 5.59. The van der Waals surface area contributed by atoms with Crippen molar-refractivity contribution in [3.05, 3.63) is 35.9 Å². The van der Waals surface area contributed by atoms with E-state index in [0.717, 1.165) is 45.3 Å². The summed E-state index contributed by atoms with van der Waals surface area (Å²) in [6.45, 7) is 3.22. The fourth-order valence-corrected chi connectivity index (χ4v) is 3.13. The van der Waals surface area contributed by atoms with E-state index in [-0.39, 0.29) is 11.4 Å². The van der Waals surface area contributed by atoms with E-state index >= 15 is 0 Å². The van der Waals surface area contributed by atoms with Crippen LogP contribution in [0.4, 0.5) is 0 Å². The highest BCUT2D eigenvalue weighted by Crippen LogP contribution is 2.31. The molecule has 1 aromatic carbocycles. The van der Waals surface area contributed by atoms with Gasteiger partial charge in [0.25, 0.3) is 0 Å². The van der Waals surface area contributed by atoms with E-state index in [1.165, 1.54) is 5.56 Å². The van der Waals surface area contributed by atoms with E-state index in [9.17, 15) is 4.79 Å². The number of nitrogens with one attached hydrogen (secondary N) is 1. The van der Waals surface area contributed by atoms with E-state index in [0.29, 0.717) is 0 Å². The Morgan fingerprint density at radius 1 is 1.11 bits per heavy atom. The topological polar surface area (TPSA) is 32.3 Å². The number of hydrogen-bond donors (Lipinski definition) is 1. The van der Waals surface area contributed by atoms with Gasteiger partial charge in [-0.15, -0.1) is 0 Å². The van der Waals surface area contributed by atoms with E-state index in [2.05, 4.69) is 40.5 Å². The summed E-state index contributed by atoms with van der Waals surface area (Å²) in [5, 5.41) is 3.19. The third-order valence-corrected chi connectivity index (χ3v) is 4.30. The summed E-state index contributed by atoms with van der Waals surface area (Å²) in [7, 11) is 0. The van der Waals surface area contributed by atoms with Crippen molar-refractivity contribution in [2.45, 2.75) is 37.8 Å². The van der Waals surface area contributed by atoms with Crippen LogP contribution in [0.25, 0.3) is 0 Å². The van der Waals surface area contributed by atoms with Gasteiger partial charge in [-0.1, -0.05) is 30.3 Å². The van der Waals surface area contributed by atoms with Crippen molar-refractivity contribution in [2.75, 3.05) is 13.1 Å². The molecule has 0 radical (unpaired) electrons. The Labute approximate surface area is 108 Å². The van der Waals surface area contributed by atoms with Crippen LogP contribution in [0.1, 0.15) is 31.2 Å². The lowest BCUT2D eigenvalue weighted by Crippen LogP contribution is -2.50. The van der Waals surface area contributed by atoms with Crippen molar-refractivity contribution in [2.24, 2.45) is 0 Å². The highest BCUT2D eigenvalue weighted by molar-refractivity contribution is 5.79. The Bertz CT molecular complexity index is 421. The zero-order valence-electron chi connectivity index (χ0n) is 10.7. The molecule has 18 heavy (non-hydrogen) atoms. The smallest absolute Gasteiger partial charge is 0.220 e. The van der Waals surface area contributed by atoms with Gasteiger partial charge in [-0.3, -0.25) is 9.69 Å². The minimum atomic E-state index is 0.129. The fourth-order valence-electron chi connectivity index (χ4n) is 3.13. The van der Waals surface area contributed by atoms with Crippen molar-refractivity contribution in [3.8, 4) is 0 Å². The molecule has 3 nitrogen and oxygen atoms in total. The molecule has 0 bridgehead atoms. The summed E-state index contributed by atoms with van der Waals surface area (Å²) in [6, 6.07) is 10.6. The number of likely N-dealkylation sites (tertiary alicyclic amines) is 1. The molecule has 96 valence electrons. The molecule has 2 fully saturated rings. The van der Waals surface area contributed by atoms with Gasteiger partial charge in [-0.2, -0.15) is 0 Å². The van der Waals surface area contributed by atoms with E-state index in [4.69, 9.17) is 0 Å². The zero-order valence-corrected chi connectivity index (χ0v) is 10.7. The van der Waals surface area contributed by atoms with Crippen LogP contribution in [0.5, 0.6) is 0 Å². The van der Waals surface area contributed by atoms with Crippen LogP contribution in [0, 0.1) is 0 Å². The Balaban J connectivity index is 1.56. The molecule has 2 saturated heterocycles. The first-order chi connectivity index (χ1) is 8.76. The molecule has 3 heteroatoms. The minimum absolute atomic E-state index is 0.129. The zero-order chi connectivity index (χ0) is 12.4. The van der Waals surface area contributed by atoms with Crippen LogP contribution < -0.4 is 5.32 Å². The van der Waals surface area contributed by atoms with Crippen LogP contribution in [0.15, 0.2) is 30.3 Å². The molecular weight excluding hydrogens is 224 g/mol. The molecule has 1 spiro atoms. The Kier molecular flexibility index (Phi) is 3.08. The molecule has 1 N–H and O–H groups in total. The van der Waals surface area contributed by atoms with Gasteiger partial charge in [0.05, 0.1) is 0 Å². The van der Waals surface area contributed by atoms with Crippen molar-refractivity contribution >= 4 is 5.91 Å². The average Bonchev–Trinajstić information content (AvgIpc) is 2.75. The highest BCUT2D eigenvalue weighted by atomic mass is 16.2. The standard InChI is InChI=1S/C15H20N2O/c18-14-6-7-15(16-14)8-10-17(11-9-15)12-13-4-2-1-3-5-13/h1-5H,6-12H2,(H,16,18). The van der Waals surface area contributed by atoms with Crippen LogP contribution in [-0.2, 0) is 11.3 Å². The molecule has 0 atom stereocenters. The van der Waals surface area contributed by atoms with Crippen molar-refractivity contribution in [3.63, 3.8) is 0 Å². The van der Waals surface area contributed by atoms with Gasteiger partial charge in [0.1, 0.15) is 0 Å². The lowest BCUT2D eigenvalue weighted by Gasteiger charge is -2.39. The van der Waals surface area contributed by atoms with Gasteiger partial charge in [0.15, 0.2) is 0 Å². The van der Waals surface area contributed by atoms with Gasteiger partial charge < -0.3 is 5.32 Å². The molecule has 0 unspecified atom stereocenters. The average molecular weight is 244 g/mol. The quantitative estimate of drug-likeness (QED) is 0.862. The Morgan fingerprint density at radius 2 is 1.83 bits per heavy atom. The van der Waals surface area contributed by atoms with Crippen LogP contribution in [0.3, 0.4) is 0 Å². The monoisotopic (exact) mass is 244 g/mol. The number of piperidine rings is 1. The maximum Gasteiger partial charge on any atom is 0.220 e. The molecule has 2 aliphatic heterocycles. The van der Waals surface area contributed by atoms with Crippen molar-refractivity contribution < 1.29 is 4.79 Å². The number of carbonyl (C=O) groups excluding carboxylic acids is 1. The van der Waals surface area contributed by atoms with Gasteiger partial charge in [-0.25, -0.2) is 0 Å². The first-order valence-electron chi connectivity index (χ1n) is 6.83. The molecule has 1 amide bonds. The Hall–Kier alpha value is -1.35. The Morgan fingerprint density at radius 3 is 2.44 bits per heavy atom. The summed E-state index contributed by atoms with van der Waals surface area (Å²) < 4.78 is 0. The van der Waals surface area contributed by atoms with Gasteiger partial charge in [-0.05, 0) is 24.8 Å². The molecule has 0 aromatic heterocycles. The first-order valence-corrected chi connectivity index (χ1v) is 6.83. The van der Waals surface area contributed by atoms with Crippen LogP contribution in [-0.4, -0.2) is 29.4 Å². The number of carbonyl (C=O) groups is 1. The fraction of sp³-hybridized carbons (Fsp3) is 0.533. The molecule has 2 aliphatic rings. The number of amides is 1. The van der Waals surface area contributed by atoms with E-state index < -0.39 is 0 Å². The predicted molar refractivity (Wildman–Crippen MR) is 71.1 cm³/mol. The third-order valence-electron chi connectivity index (χ3n) is 4.30. The molecule has 3 rings (SSSR count). The number of nitrogens with zero attached hydrogens (tertiary/aromatic N) is 1. The molecule has 1 aromatic rings. The molecule has 0 saturated carbocycles. The van der Waals surface area contributed by atoms with Gasteiger partial charge in [0, 0.05) is 31.6 Å². The first kappa shape index (κ1) is 11.7. The third kappa shape index (κ3) is 2.41. The van der Waals surface area contributed by atoms with Crippen molar-refractivity contribution in [1.82, 2.24) is 10.2 Å². The maximum absolute atomic E-state index is 11.4. The van der Waals surface area contributed by atoms with E-state index in [1.807, 2.05) is 0 Å². The minimum Gasteiger partial charge on any atom is -0.351 e. The van der Waals surface area contributed by atoms with Crippen molar-refractivity contribution in [1.29, 1.82) is 0 Å². The summed E-state index contributed by atoms with van der Waals surface area (Å²) in [6.07, 6.45) is 3.96. The second-order valence-electron chi connectivity index (χ2n) is 5.59. The lowest BCUT2D eigenvalue weighted by molar-refractivity contribution is -0.120. The van der Waals surface area contributed by atoms with E-state index in [1.54, 1.807) is 0 Å².